The zero-order valence-electron chi connectivity index (χ0n) is 13.4. The first-order valence-electron chi connectivity index (χ1n) is 8.37. The average Bonchev–Trinajstić information content (AvgIpc) is 2.46. The number of rotatable bonds is 4. The van der Waals surface area contributed by atoms with E-state index in [0.29, 0.717) is 6.04 Å². The second kappa shape index (κ2) is 7.05. The molecule has 0 aromatic carbocycles. The van der Waals surface area contributed by atoms with Crippen molar-refractivity contribution in [1.82, 2.24) is 15.1 Å². The molecule has 0 aliphatic carbocycles. The molecule has 1 N–H and O–H groups in total. The van der Waals surface area contributed by atoms with Crippen LogP contribution in [0.3, 0.4) is 0 Å². The molecule has 2 aliphatic rings. The molecule has 2 rings (SSSR count). The Morgan fingerprint density at radius 2 is 2.00 bits per heavy atom. The van der Waals surface area contributed by atoms with Gasteiger partial charge in [0.25, 0.3) is 0 Å². The molecule has 0 radical (unpaired) electrons. The summed E-state index contributed by atoms with van der Waals surface area (Å²) in [4.78, 5) is 5.48. The maximum Gasteiger partial charge on any atom is 0.0247 e. The number of piperazine rings is 1. The molecule has 0 aromatic rings. The maximum atomic E-state index is 3.74. The van der Waals surface area contributed by atoms with Crippen molar-refractivity contribution in [3.63, 3.8) is 0 Å². The van der Waals surface area contributed by atoms with Crippen LogP contribution in [0.15, 0.2) is 0 Å². The number of likely N-dealkylation sites (N-methyl/N-ethyl adjacent to an activating group) is 1. The molecule has 2 heterocycles. The van der Waals surface area contributed by atoms with Gasteiger partial charge in [-0.15, -0.1) is 0 Å². The summed E-state index contributed by atoms with van der Waals surface area (Å²) in [6.45, 7) is 15.6. The highest BCUT2D eigenvalue weighted by molar-refractivity contribution is 4.93. The number of likely N-dealkylation sites (tertiary alicyclic amines) is 1. The lowest BCUT2D eigenvalue weighted by atomic mass is 9.93. The van der Waals surface area contributed by atoms with Crippen molar-refractivity contribution < 1.29 is 0 Å². The van der Waals surface area contributed by atoms with Crippen LogP contribution in [0.25, 0.3) is 0 Å². The van der Waals surface area contributed by atoms with Gasteiger partial charge in [-0.05, 0) is 38.3 Å². The summed E-state index contributed by atoms with van der Waals surface area (Å²) in [5.74, 6) is 0.752. The van der Waals surface area contributed by atoms with Crippen molar-refractivity contribution in [2.75, 3.05) is 32.7 Å². The van der Waals surface area contributed by atoms with Gasteiger partial charge in [0.1, 0.15) is 0 Å². The summed E-state index contributed by atoms with van der Waals surface area (Å²) in [6.07, 6.45) is 4.03. The first-order chi connectivity index (χ1) is 9.15. The average molecular weight is 267 g/mol. The van der Waals surface area contributed by atoms with Gasteiger partial charge in [0, 0.05) is 37.8 Å². The summed E-state index contributed by atoms with van der Waals surface area (Å²) in [6, 6.07) is 2.22. The third-order valence-electron chi connectivity index (χ3n) is 5.13. The quantitative estimate of drug-likeness (QED) is 0.842. The van der Waals surface area contributed by atoms with E-state index in [2.05, 4.69) is 42.8 Å². The van der Waals surface area contributed by atoms with Crippen LogP contribution in [0.2, 0.25) is 0 Å². The van der Waals surface area contributed by atoms with Crippen molar-refractivity contribution in [2.45, 2.75) is 65.1 Å². The Balaban J connectivity index is 2.03. The molecule has 0 amide bonds. The lowest BCUT2D eigenvalue weighted by molar-refractivity contribution is 0.0186. The van der Waals surface area contributed by atoms with Crippen molar-refractivity contribution in [3.05, 3.63) is 0 Å². The molecule has 0 saturated carbocycles. The van der Waals surface area contributed by atoms with Gasteiger partial charge >= 0.3 is 0 Å². The molecule has 0 aromatic heterocycles. The highest BCUT2D eigenvalue weighted by Crippen LogP contribution is 2.24. The van der Waals surface area contributed by atoms with Crippen LogP contribution in [0.1, 0.15) is 47.0 Å². The summed E-state index contributed by atoms with van der Waals surface area (Å²) in [5.41, 5.74) is 0. The first-order valence-corrected chi connectivity index (χ1v) is 8.37. The van der Waals surface area contributed by atoms with Gasteiger partial charge in [-0.1, -0.05) is 27.7 Å². The number of hydrogen-bond acceptors (Lipinski definition) is 3. The van der Waals surface area contributed by atoms with E-state index in [9.17, 15) is 0 Å². The molecule has 2 saturated heterocycles. The molecule has 2 aliphatic heterocycles. The van der Waals surface area contributed by atoms with Crippen molar-refractivity contribution in [3.8, 4) is 0 Å². The highest BCUT2D eigenvalue weighted by atomic mass is 15.3. The van der Waals surface area contributed by atoms with Crippen LogP contribution in [0, 0.1) is 5.92 Å². The zero-order chi connectivity index (χ0) is 13.8. The standard InChI is InChI=1S/C16H33N3/c1-5-14-11-19(16(10-17-14)13(3)4)15-8-7-9-18(6-2)12-15/h13-17H,5-12H2,1-4H3. The van der Waals surface area contributed by atoms with Crippen LogP contribution >= 0.6 is 0 Å². The van der Waals surface area contributed by atoms with Gasteiger partial charge < -0.3 is 10.2 Å². The molecular formula is C16H33N3. The maximum absolute atomic E-state index is 3.74. The van der Waals surface area contributed by atoms with Crippen molar-refractivity contribution in [2.24, 2.45) is 5.92 Å². The minimum atomic E-state index is 0.701. The Labute approximate surface area is 119 Å². The van der Waals surface area contributed by atoms with Gasteiger partial charge in [-0.3, -0.25) is 4.90 Å². The van der Waals surface area contributed by atoms with E-state index in [1.165, 1.54) is 52.0 Å². The fraction of sp³-hybridized carbons (Fsp3) is 1.00. The van der Waals surface area contributed by atoms with Crippen molar-refractivity contribution in [1.29, 1.82) is 0 Å². The van der Waals surface area contributed by atoms with Crippen LogP contribution in [0.5, 0.6) is 0 Å². The molecule has 3 atom stereocenters. The predicted octanol–water partition coefficient (Wildman–Crippen LogP) is 2.18. The van der Waals surface area contributed by atoms with E-state index in [4.69, 9.17) is 0 Å². The fourth-order valence-corrected chi connectivity index (χ4v) is 3.76. The third-order valence-corrected chi connectivity index (χ3v) is 5.13. The second-order valence-corrected chi connectivity index (χ2v) is 6.71. The first kappa shape index (κ1) is 15.3. The Morgan fingerprint density at radius 1 is 1.21 bits per heavy atom. The molecular weight excluding hydrogens is 234 g/mol. The number of piperidine rings is 1. The third kappa shape index (κ3) is 3.71. The monoisotopic (exact) mass is 267 g/mol. The number of nitrogens with zero attached hydrogens (tertiary/aromatic N) is 2. The van der Waals surface area contributed by atoms with E-state index in [0.717, 1.165) is 18.0 Å². The van der Waals surface area contributed by atoms with Crippen LogP contribution in [-0.4, -0.2) is 60.6 Å². The summed E-state index contributed by atoms with van der Waals surface area (Å²) in [7, 11) is 0. The van der Waals surface area contributed by atoms with Crippen molar-refractivity contribution >= 4 is 0 Å². The lowest BCUT2D eigenvalue weighted by Gasteiger charge is -2.49. The molecule has 0 spiro atoms. The summed E-state index contributed by atoms with van der Waals surface area (Å²) < 4.78 is 0. The van der Waals surface area contributed by atoms with Crippen LogP contribution < -0.4 is 5.32 Å². The second-order valence-electron chi connectivity index (χ2n) is 6.71. The molecule has 19 heavy (non-hydrogen) atoms. The zero-order valence-corrected chi connectivity index (χ0v) is 13.4. The molecule has 0 bridgehead atoms. The van der Waals surface area contributed by atoms with Crippen LogP contribution in [0.4, 0.5) is 0 Å². The number of nitrogens with one attached hydrogen (secondary N) is 1. The molecule has 3 heteroatoms. The Morgan fingerprint density at radius 3 is 2.63 bits per heavy atom. The van der Waals surface area contributed by atoms with Gasteiger partial charge in [0.15, 0.2) is 0 Å². The minimum absolute atomic E-state index is 0.701. The van der Waals surface area contributed by atoms with E-state index in [1.54, 1.807) is 0 Å². The topological polar surface area (TPSA) is 18.5 Å². The molecule has 2 fully saturated rings. The smallest absolute Gasteiger partial charge is 0.0247 e. The van der Waals surface area contributed by atoms with Gasteiger partial charge in [-0.25, -0.2) is 0 Å². The Bertz CT molecular complexity index is 267. The highest BCUT2D eigenvalue weighted by Gasteiger charge is 2.35. The molecule has 112 valence electrons. The lowest BCUT2D eigenvalue weighted by Crippen LogP contribution is -2.63. The molecule has 3 nitrogen and oxygen atoms in total. The molecule has 3 unspecified atom stereocenters. The Kier molecular flexibility index (Phi) is 5.67. The summed E-state index contributed by atoms with van der Waals surface area (Å²) >= 11 is 0. The SMILES string of the molecule is CCC1CN(C2CCCN(CC)C2)C(C(C)C)CN1. The number of hydrogen-bond donors (Lipinski definition) is 1. The normalized spacial score (nSPS) is 34.9. The van der Waals surface area contributed by atoms with E-state index in [-0.39, 0.29) is 0 Å². The van der Waals surface area contributed by atoms with E-state index < -0.39 is 0 Å². The Hall–Kier alpha value is -0.120. The predicted molar refractivity (Wildman–Crippen MR) is 82.5 cm³/mol. The van der Waals surface area contributed by atoms with Gasteiger partial charge in [0.05, 0.1) is 0 Å². The minimum Gasteiger partial charge on any atom is -0.311 e. The van der Waals surface area contributed by atoms with Crippen LogP contribution in [-0.2, 0) is 0 Å². The largest absolute Gasteiger partial charge is 0.311 e. The van der Waals surface area contributed by atoms with Gasteiger partial charge in [-0.2, -0.15) is 0 Å². The van der Waals surface area contributed by atoms with Gasteiger partial charge in [0.2, 0.25) is 0 Å². The van der Waals surface area contributed by atoms with E-state index >= 15 is 0 Å². The fourth-order valence-electron chi connectivity index (χ4n) is 3.76. The summed E-state index contributed by atoms with van der Waals surface area (Å²) in [5, 5.41) is 3.74. The van der Waals surface area contributed by atoms with E-state index in [1.807, 2.05) is 0 Å².